The number of anilines is 1. The lowest BCUT2D eigenvalue weighted by molar-refractivity contribution is -0.129. The highest BCUT2D eigenvalue weighted by Crippen LogP contribution is 2.31. The van der Waals surface area contributed by atoms with Crippen molar-refractivity contribution in [3.8, 4) is 5.75 Å². The lowest BCUT2D eigenvalue weighted by Crippen LogP contribution is -2.36. The van der Waals surface area contributed by atoms with Crippen LogP contribution in [0.4, 0.5) is 5.82 Å². The summed E-state index contributed by atoms with van der Waals surface area (Å²) in [5, 5.41) is 3.24. The lowest BCUT2D eigenvalue weighted by Gasteiger charge is -2.33. The van der Waals surface area contributed by atoms with Gasteiger partial charge in [-0.1, -0.05) is 12.1 Å². The van der Waals surface area contributed by atoms with Crippen molar-refractivity contribution in [3.05, 3.63) is 46.4 Å². The number of nitrogens with one attached hydrogen (secondary N) is 1. The predicted octanol–water partition coefficient (Wildman–Crippen LogP) is 3.12. The zero-order valence-electron chi connectivity index (χ0n) is 19.1. The number of benzene rings is 1. The second kappa shape index (κ2) is 9.22. The van der Waals surface area contributed by atoms with Crippen LogP contribution in [-0.4, -0.2) is 59.5 Å². The Morgan fingerprint density at radius 2 is 2.00 bits per heavy atom. The summed E-state index contributed by atoms with van der Waals surface area (Å²) in [6.07, 6.45) is 2.90. The number of likely N-dealkylation sites (tertiary alicyclic amines) is 1. The van der Waals surface area contributed by atoms with Crippen molar-refractivity contribution in [3.63, 3.8) is 0 Å². The highest BCUT2D eigenvalue weighted by molar-refractivity contribution is 5.74. The lowest BCUT2D eigenvalue weighted by atomic mass is 9.94. The van der Waals surface area contributed by atoms with Crippen LogP contribution in [0.25, 0.3) is 0 Å². The SMILES string of the molecule is CNc1nc(C2CCN(Cc3ccc(C)cc3OC)CC2)nc2c1CN(C(C)=O)CC2. The molecule has 0 unspecified atom stereocenters. The van der Waals surface area contributed by atoms with E-state index in [0.717, 1.165) is 74.1 Å². The van der Waals surface area contributed by atoms with Crippen LogP contribution in [0, 0.1) is 6.92 Å². The van der Waals surface area contributed by atoms with Crippen molar-refractivity contribution in [2.75, 3.05) is 39.1 Å². The highest BCUT2D eigenvalue weighted by Gasteiger charge is 2.28. The summed E-state index contributed by atoms with van der Waals surface area (Å²) in [5.41, 5.74) is 4.62. The van der Waals surface area contributed by atoms with E-state index in [1.165, 1.54) is 11.1 Å². The van der Waals surface area contributed by atoms with Crippen LogP contribution in [-0.2, 0) is 24.3 Å². The van der Waals surface area contributed by atoms with E-state index < -0.39 is 0 Å². The summed E-state index contributed by atoms with van der Waals surface area (Å²) < 4.78 is 5.58. The van der Waals surface area contributed by atoms with Gasteiger partial charge in [-0.2, -0.15) is 0 Å². The van der Waals surface area contributed by atoms with Gasteiger partial charge in [0, 0.05) is 50.5 Å². The van der Waals surface area contributed by atoms with E-state index in [2.05, 4.69) is 35.3 Å². The summed E-state index contributed by atoms with van der Waals surface area (Å²) >= 11 is 0. The molecule has 0 aliphatic carbocycles. The Kier molecular flexibility index (Phi) is 6.41. The molecule has 31 heavy (non-hydrogen) atoms. The Hall–Kier alpha value is -2.67. The van der Waals surface area contributed by atoms with Crippen molar-refractivity contribution in [1.29, 1.82) is 0 Å². The number of nitrogens with zero attached hydrogens (tertiary/aromatic N) is 4. The van der Waals surface area contributed by atoms with E-state index in [0.29, 0.717) is 12.5 Å². The van der Waals surface area contributed by atoms with Gasteiger partial charge in [0.2, 0.25) is 5.91 Å². The maximum Gasteiger partial charge on any atom is 0.219 e. The normalized spacial score (nSPS) is 17.4. The Morgan fingerprint density at radius 3 is 2.68 bits per heavy atom. The molecule has 4 rings (SSSR count). The second-order valence-electron chi connectivity index (χ2n) is 8.66. The fraction of sp³-hybridized carbons (Fsp3) is 0.542. The molecule has 3 heterocycles. The number of ether oxygens (including phenoxy) is 1. The molecule has 1 saturated heterocycles. The van der Waals surface area contributed by atoms with Gasteiger partial charge in [-0.05, 0) is 44.5 Å². The first-order valence-corrected chi connectivity index (χ1v) is 11.2. The molecular formula is C24H33N5O2. The number of carbonyl (C=O) groups excluding carboxylic acids is 1. The van der Waals surface area contributed by atoms with Crippen LogP contribution in [0.5, 0.6) is 5.75 Å². The van der Waals surface area contributed by atoms with Crippen molar-refractivity contribution in [2.24, 2.45) is 0 Å². The van der Waals surface area contributed by atoms with Gasteiger partial charge in [-0.25, -0.2) is 9.97 Å². The third-order valence-corrected chi connectivity index (χ3v) is 6.55. The van der Waals surface area contributed by atoms with Gasteiger partial charge in [0.25, 0.3) is 0 Å². The maximum atomic E-state index is 11.8. The highest BCUT2D eigenvalue weighted by atomic mass is 16.5. The van der Waals surface area contributed by atoms with Crippen LogP contribution < -0.4 is 10.1 Å². The minimum atomic E-state index is 0.106. The molecule has 1 amide bonds. The fourth-order valence-electron chi connectivity index (χ4n) is 4.66. The van der Waals surface area contributed by atoms with Crippen LogP contribution >= 0.6 is 0 Å². The molecule has 1 N–H and O–H groups in total. The van der Waals surface area contributed by atoms with Crippen molar-refractivity contribution in [1.82, 2.24) is 19.8 Å². The largest absolute Gasteiger partial charge is 0.496 e. The molecule has 0 spiro atoms. The van der Waals surface area contributed by atoms with E-state index in [1.807, 2.05) is 11.9 Å². The Labute approximate surface area is 184 Å². The van der Waals surface area contributed by atoms with Gasteiger partial charge in [-0.15, -0.1) is 0 Å². The Bertz CT molecular complexity index is 936. The number of amides is 1. The summed E-state index contributed by atoms with van der Waals surface area (Å²) in [5.74, 6) is 3.27. The third-order valence-electron chi connectivity index (χ3n) is 6.55. The van der Waals surface area contributed by atoms with Crippen LogP contribution in [0.2, 0.25) is 0 Å². The van der Waals surface area contributed by atoms with E-state index in [4.69, 9.17) is 14.7 Å². The van der Waals surface area contributed by atoms with Gasteiger partial charge in [0.15, 0.2) is 0 Å². The quantitative estimate of drug-likeness (QED) is 0.797. The van der Waals surface area contributed by atoms with E-state index in [-0.39, 0.29) is 5.91 Å². The average molecular weight is 424 g/mol. The zero-order chi connectivity index (χ0) is 22.0. The zero-order valence-corrected chi connectivity index (χ0v) is 19.1. The van der Waals surface area contributed by atoms with E-state index >= 15 is 0 Å². The fourth-order valence-corrected chi connectivity index (χ4v) is 4.66. The number of aromatic nitrogens is 2. The topological polar surface area (TPSA) is 70.6 Å². The number of piperidine rings is 1. The van der Waals surface area contributed by atoms with Gasteiger partial charge >= 0.3 is 0 Å². The summed E-state index contributed by atoms with van der Waals surface area (Å²) in [7, 11) is 3.64. The maximum absolute atomic E-state index is 11.8. The van der Waals surface area contributed by atoms with Gasteiger partial charge < -0.3 is 15.0 Å². The van der Waals surface area contributed by atoms with Crippen molar-refractivity contribution in [2.45, 2.75) is 52.1 Å². The van der Waals surface area contributed by atoms with Gasteiger partial charge in [-0.3, -0.25) is 9.69 Å². The molecule has 2 aromatic rings. The number of hydrogen-bond acceptors (Lipinski definition) is 6. The molecule has 1 aromatic heterocycles. The first-order valence-electron chi connectivity index (χ1n) is 11.2. The minimum absolute atomic E-state index is 0.106. The minimum Gasteiger partial charge on any atom is -0.496 e. The standard InChI is InChI=1S/C24H33N5O2/c1-16-5-6-19(22(13-16)31-4)14-28-10-7-18(8-11-28)23-26-21-9-12-29(17(2)30)15-20(21)24(25-3)27-23/h5-6,13,18H,7-12,14-15H2,1-4H3,(H,25,26,27). The monoisotopic (exact) mass is 423 g/mol. The number of methoxy groups -OCH3 is 1. The molecule has 1 aromatic carbocycles. The predicted molar refractivity (Wildman–Crippen MR) is 121 cm³/mol. The van der Waals surface area contributed by atoms with Crippen molar-refractivity contribution < 1.29 is 9.53 Å². The summed E-state index contributed by atoms with van der Waals surface area (Å²) in [6.45, 7) is 8.00. The first-order chi connectivity index (χ1) is 15.0. The third kappa shape index (κ3) is 4.66. The number of rotatable bonds is 5. The van der Waals surface area contributed by atoms with E-state index in [9.17, 15) is 4.79 Å². The summed E-state index contributed by atoms with van der Waals surface area (Å²) in [6, 6.07) is 6.43. The van der Waals surface area contributed by atoms with Crippen molar-refractivity contribution >= 4 is 11.7 Å². The molecule has 0 radical (unpaired) electrons. The molecule has 1 fully saturated rings. The molecule has 166 valence electrons. The summed E-state index contributed by atoms with van der Waals surface area (Å²) in [4.78, 5) is 26.0. The van der Waals surface area contributed by atoms with Crippen LogP contribution in [0.15, 0.2) is 18.2 Å². The number of hydrogen-bond donors (Lipinski definition) is 1. The molecule has 2 aliphatic rings. The Morgan fingerprint density at radius 1 is 1.23 bits per heavy atom. The van der Waals surface area contributed by atoms with Gasteiger partial charge in [0.1, 0.15) is 17.4 Å². The molecule has 0 atom stereocenters. The molecule has 7 heteroatoms. The number of carbonyl (C=O) groups is 1. The molecule has 2 aliphatic heterocycles. The molecule has 0 saturated carbocycles. The second-order valence-corrected chi connectivity index (χ2v) is 8.66. The smallest absolute Gasteiger partial charge is 0.219 e. The van der Waals surface area contributed by atoms with Crippen LogP contribution in [0.3, 0.4) is 0 Å². The average Bonchev–Trinajstić information content (AvgIpc) is 2.79. The first kappa shape index (κ1) is 21.6. The molecular weight excluding hydrogens is 390 g/mol. The van der Waals surface area contributed by atoms with Crippen LogP contribution in [0.1, 0.15) is 53.9 Å². The molecule has 7 nitrogen and oxygen atoms in total. The number of aryl methyl sites for hydroxylation is 1. The van der Waals surface area contributed by atoms with E-state index in [1.54, 1.807) is 14.0 Å². The Balaban J connectivity index is 1.44. The molecule has 0 bridgehead atoms. The number of fused-ring (bicyclic) bond motifs is 1. The van der Waals surface area contributed by atoms with Gasteiger partial charge in [0.05, 0.1) is 19.3 Å².